The van der Waals surface area contributed by atoms with Gasteiger partial charge in [-0.1, -0.05) is 0 Å². The average Bonchev–Trinajstić information content (AvgIpc) is 2.39. The van der Waals surface area contributed by atoms with Crippen LogP contribution in [0.25, 0.3) is 0 Å². The molecular weight excluding hydrogens is 234 g/mol. The quantitative estimate of drug-likeness (QED) is 0.845. The van der Waals surface area contributed by atoms with Crippen molar-refractivity contribution >= 4 is 23.4 Å². The Balaban J connectivity index is 2.19. The van der Waals surface area contributed by atoms with Crippen molar-refractivity contribution in [1.82, 2.24) is 0 Å². The number of rotatable bonds is 2. The Morgan fingerprint density at radius 1 is 1.47 bits per heavy atom. The lowest BCUT2D eigenvalue weighted by Crippen LogP contribution is -2.45. The second kappa shape index (κ2) is 5.21. The van der Waals surface area contributed by atoms with E-state index < -0.39 is 0 Å². The van der Waals surface area contributed by atoms with E-state index in [0.717, 1.165) is 5.69 Å². The Morgan fingerprint density at radius 3 is 2.76 bits per heavy atom. The van der Waals surface area contributed by atoms with Crippen molar-refractivity contribution in [2.75, 3.05) is 23.7 Å². The molecule has 1 aliphatic heterocycles. The Bertz CT molecular complexity index is 452. The summed E-state index contributed by atoms with van der Waals surface area (Å²) in [4.78, 5) is 13.6. The van der Waals surface area contributed by atoms with Gasteiger partial charge in [-0.2, -0.15) is 5.26 Å². The number of anilines is 1. The number of nitriles is 1. The summed E-state index contributed by atoms with van der Waals surface area (Å²) in [5.41, 5.74) is 7.07. The molecule has 0 bridgehead atoms. The van der Waals surface area contributed by atoms with Gasteiger partial charge >= 0.3 is 0 Å². The largest absolute Gasteiger partial charge is 0.329 e. The molecular formula is C12H13N3OS. The minimum atomic E-state index is 0.101. The topological polar surface area (TPSA) is 70.1 Å². The van der Waals surface area contributed by atoms with Crippen molar-refractivity contribution in [3.8, 4) is 6.07 Å². The SMILES string of the molecule is N#Cc1ccc(N2CC(CN)SCC2=O)cc1. The van der Waals surface area contributed by atoms with Gasteiger partial charge in [0, 0.05) is 24.0 Å². The number of carbonyl (C=O) groups excluding carboxylic acids is 1. The number of nitrogens with two attached hydrogens (primary N) is 1. The Morgan fingerprint density at radius 2 is 2.18 bits per heavy atom. The first-order valence-corrected chi connectivity index (χ1v) is 6.41. The molecule has 1 aliphatic rings. The molecule has 0 spiro atoms. The highest BCUT2D eigenvalue weighted by molar-refractivity contribution is 8.00. The van der Waals surface area contributed by atoms with Crippen LogP contribution in [0.15, 0.2) is 24.3 Å². The summed E-state index contributed by atoms with van der Waals surface area (Å²) < 4.78 is 0. The van der Waals surface area contributed by atoms with Gasteiger partial charge in [-0.25, -0.2) is 0 Å². The zero-order valence-electron chi connectivity index (χ0n) is 9.30. The highest BCUT2D eigenvalue weighted by Crippen LogP contribution is 2.24. The number of amides is 1. The predicted octanol–water partition coefficient (Wildman–Crippen LogP) is 0.965. The Kier molecular flexibility index (Phi) is 3.67. The molecule has 1 amide bonds. The van der Waals surface area contributed by atoms with Gasteiger partial charge in [0.05, 0.1) is 17.4 Å². The molecule has 0 saturated carbocycles. The number of hydrogen-bond acceptors (Lipinski definition) is 4. The van der Waals surface area contributed by atoms with Crippen LogP contribution in [0.4, 0.5) is 5.69 Å². The highest BCUT2D eigenvalue weighted by Gasteiger charge is 2.26. The zero-order valence-corrected chi connectivity index (χ0v) is 10.1. The van der Waals surface area contributed by atoms with Crippen molar-refractivity contribution in [2.45, 2.75) is 5.25 Å². The monoisotopic (exact) mass is 247 g/mol. The fraction of sp³-hybridized carbons (Fsp3) is 0.333. The minimum absolute atomic E-state index is 0.101. The maximum atomic E-state index is 11.8. The van der Waals surface area contributed by atoms with E-state index in [1.807, 2.05) is 0 Å². The molecule has 1 aromatic rings. The maximum Gasteiger partial charge on any atom is 0.237 e. The molecule has 1 unspecified atom stereocenters. The number of carbonyl (C=O) groups is 1. The summed E-state index contributed by atoms with van der Waals surface area (Å²) in [5, 5.41) is 9.02. The van der Waals surface area contributed by atoms with Crippen LogP contribution in [0, 0.1) is 11.3 Å². The van der Waals surface area contributed by atoms with E-state index in [1.54, 1.807) is 40.9 Å². The molecule has 1 atom stereocenters. The molecule has 0 radical (unpaired) electrons. The highest BCUT2D eigenvalue weighted by atomic mass is 32.2. The third-order valence-corrected chi connectivity index (χ3v) is 3.93. The van der Waals surface area contributed by atoms with Crippen molar-refractivity contribution < 1.29 is 4.79 Å². The first-order chi connectivity index (χ1) is 8.24. The van der Waals surface area contributed by atoms with Gasteiger partial charge in [0.2, 0.25) is 5.91 Å². The van der Waals surface area contributed by atoms with Gasteiger partial charge in [0.15, 0.2) is 0 Å². The van der Waals surface area contributed by atoms with Crippen molar-refractivity contribution in [3.05, 3.63) is 29.8 Å². The molecule has 0 aliphatic carbocycles. The first-order valence-electron chi connectivity index (χ1n) is 5.37. The fourth-order valence-electron chi connectivity index (χ4n) is 1.73. The van der Waals surface area contributed by atoms with E-state index >= 15 is 0 Å². The van der Waals surface area contributed by atoms with Crippen LogP contribution in [0.1, 0.15) is 5.56 Å². The Hall–Kier alpha value is -1.51. The number of nitrogens with zero attached hydrogens (tertiary/aromatic N) is 2. The normalized spacial score (nSPS) is 20.1. The zero-order chi connectivity index (χ0) is 12.3. The predicted molar refractivity (Wildman–Crippen MR) is 68.8 cm³/mol. The lowest BCUT2D eigenvalue weighted by Gasteiger charge is -2.31. The second-order valence-electron chi connectivity index (χ2n) is 3.83. The van der Waals surface area contributed by atoms with E-state index in [9.17, 15) is 4.79 Å². The van der Waals surface area contributed by atoms with E-state index in [0.29, 0.717) is 29.7 Å². The summed E-state index contributed by atoms with van der Waals surface area (Å²) in [5.74, 6) is 0.575. The van der Waals surface area contributed by atoms with Crippen molar-refractivity contribution in [2.24, 2.45) is 5.73 Å². The smallest absolute Gasteiger partial charge is 0.237 e. The lowest BCUT2D eigenvalue weighted by atomic mass is 10.2. The third kappa shape index (κ3) is 2.60. The molecule has 1 saturated heterocycles. The van der Waals surface area contributed by atoms with Gasteiger partial charge < -0.3 is 10.6 Å². The average molecular weight is 247 g/mol. The molecule has 1 aromatic carbocycles. The van der Waals surface area contributed by atoms with Crippen molar-refractivity contribution in [1.29, 1.82) is 5.26 Å². The molecule has 1 fully saturated rings. The standard InChI is InChI=1S/C12H13N3OS/c13-5-9-1-3-10(4-2-9)15-7-11(6-14)17-8-12(15)16/h1-4,11H,6-8,14H2. The summed E-state index contributed by atoms with van der Waals surface area (Å²) in [6.45, 7) is 1.22. The van der Waals surface area contributed by atoms with Gasteiger partial charge in [0.25, 0.3) is 0 Å². The number of benzene rings is 1. The Labute approximate surface area is 104 Å². The summed E-state index contributed by atoms with van der Waals surface area (Å²) in [6, 6.07) is 9.12. The molecule has 2 N–H and O–H groups in total. The van der Waals surface area contributed by atoms with Crippen LogP contribution in [-0.2, 0) is 4.79 Å². The third-order valence-electron chi connectivity index (χ3n) is 2.70. The van der Waals surface area contributed by atoms with Gasteiger partial charge in [-0.3, -0.25) is 4.79 Å². The molecule has 5 heteroatoms. The van der Waals surface area contributed by atoms with Crippen LogP contribution in [0.5, 0.6) is 0 Å². The molecule has 2 rings (SSSR count). The fourth-order valence-corrected chi connectivity index (χ4v) is 2.66. The molecule has 17 heavy (non-hydrogen) atoms. The van der Waals surface area contributed by atoms with Crippen LogP contribution in [0.2, 0.25) is 0 Å². The number of thioether (sulfide) groups is 1. The summed E-state index contributed by atoms with van der Waals surface area (Å²) in [7, 11) is 0. The lowest BCUT2D eigenvalue weighted by molar-refractivity contribution is -0.116. The van der Waals surface area contributed by atoms with E-state index in [-0.39, 0.29) is 5.91 Å². The van der Waals surface area contributed by atoms with E-state index in [2.05, 4.69) is 6.07 Å². The van der Waals surface area contributed by atoms with E-state index in [1.165, 1.54) is 0 Å². The summed E-state index contributed by atoms with van der Waals surface area (Å²) in [6.07, 6.45) is 0. The van der Waals surface area contributed by atoms with Crippen molar-refractivity contribution in [3.63, 3.8) is 0 Å². The van der Waals surface area contributed by atoms with Crippen LogP contribution >= 0.6 is 11.8 Å². The molecule has 0 aromatic heterocycles. The molecule has 88 valence electrons. The minimum Gasteiger partial charge on any atom is -0.329 e. The van der Waals surface area contributed by atoms with Gasteiger partial charge in [-0.15, -0.1) is 11.8 Å². The molecule has 1 heterocycles. The second-order valence-corrected chi connectivity index (χ2v) is 5.12. The molecule has 4 nitrogen and oxygen atoms in total. The summed E-state index contributed by atoms with van der Waals surface area (Å²) >= 11 is 1.61. The first kappa shape index (κ1) is 12.0. The van der Waals surface area contributed by atoms with Gasteiger partial charge in [-0.05, 0) is 24.3 Å². The maximum absolute atomic E-state index is 11.8. The van der Waals surface area contributed by atoms with Crippen LogP contribution < -0.4 is 10.6 Å². The van der Waals surface area contributed by atoms with Crippen LogP contribution in [0.3, 0.4) is 0 Å². The van der Waals surface area contributed by atoms with Crippen LogP contribution in [-0.4, -0.2) is 30.0 Å². The van der Waals surface area contributed by atoms with E-state index in [4.69, 9.17) is 11.0 Å². The number of hydrogen-bond donors (Lipinski definition) is 1. The van der Waals surface area contributed by atoms with Gasteiger partial charge in [0.1, 0.15) is 0 Å².